The van der Waals surface area contributed by atoms with E-state index in [4.69, 9.17) is 16.3 Å². The van der Waals surface area contributed by atoms with Gasteiger partial charge in [0.25, 0.3) is 5.91 Å². The van der Waals surface area contributed by atoms with Crippen LogP contribution in [-0.2, 0) is 9.53 Å². The molecule has 1 aromatic heterocycles. The molecular formula is C15H19ClN2O3. The van der Waals surface area contributed by atoms with Crippen molar-refractivity contribution in [1.82, 2.24) is 10.3 Å². The smallest absolute Gasteiger partial charge is 0.340 e. The van der Waals surface area contributed by atoms with Gasteiger partial charge in [-0.2, -0.15) is 0 Å². The molecule has 0 aliphatic heterocycles. The van der Waals surface area contributed by atoms with Crippen molar-refractivity contribution in [2.75, 3.05) is 6.61 Å². The summed E-state index contributed by atoms with van der Waals surface area (Å²) in [4.78, 5) is 27.3. The summed E-state index contributed by atoms with van der Waals surface area (Å²) in [5, 5.41) is 3.23. The lowest BCUT2D eigenvalue weighted by Crippen LogP contribution is -2.42. The number of amides is 1. The van der Waals surface area contributed by atoms with E-state index >= 15 is 0 Å². The van der Waals surface area contributed by atoms with Crippen molar-refractivity contribution in [2.24, 2.45) is 5.92 Å². The number of nitrogens with one attached hydrogen (secondary N) is 1. The van der Waals surface area contributed by atoms with E-state index in [1.807, 2.05) is 0 Å². The van der Waals surface area contributed by atoms with Gasteiger partial charge in [-0.15, -0.1) is 0 Å². The molecule has 114 valence electrons. The highest BCUT2D eigenvalue weighted by atomic mass is 35.5. The van der Waals surface area contributed by atoms with E-state index in [0.717, 1.165) is 19.3 Å². The van der Waals surface area contributed by atoms with Gasteiger partial charge in [0.2, 0.25) is 0 Å². The van der Waals surface area contributed by atoms with E-state index < -0.39 is 5.97 Å². The van der Waals surface area contributed by atoms with Gasteiger partial charge in [-0.3, -0.25) is 4.79 Å². The second kappa shape index (κ2) is 7.41. The Hall–Kier alpha value is -1.62. The number of esters is 1. The Labute approximate surface area is 129 Å². The summed E-state index contributed by atoms with van der Waals surface area (Å²) < 4.78 is 4.97. The first-order valence-electron chi connectivity index (χ1n) is 7.14. The highest BCUT2D eigenvalue weighted by Gasteiger charge is 2.23. The monoisotopic (exact) mass is 310 g/mol. The number of nitrogens with zero attached hydrogens (tertiary/aromatic N) is 1. The number of pyridine rings is 1. The minimum absolute atomic E-state index is 0.183. The molecule has 21 heavy (non-hydrogen) atoms. The summed E-state index contributed by atoms with van der Waals surface area (Å²) in [6, 6.07) is 3.20. The predicted octanol–water partition coefficient (Wildman–Crippen LogP) is 2.59. The molecule has 1 amide bonds. The van der Waals surface area contributed by atoms with Crippen LogP contribution >= 0.6 is 11.6 Å². The molecule has 6 heteroatoms. The van der Waals surface area contributed by atoms with Gasteiger partial charge in [0.05, 0.1) is 5.56 Å². The maximum atomic E-state index is 11.8. The first-order valence-corrected chi connectivity index (χ1v) is 7.52. The van der Waals surface area contributed by atoms with Crippen LogP contribution in [0.1, 0.15) is 43.0 Å². The van der Waals surface area contributed by atoms with Crippen molar-refractivity contribution >= 4 is 23.5 Å². The number of ether oxygens (including phenoxy) is 1. The number of hydrogen-bond acceptors (Lipinski definition) is 4. The summed E-state index contributed by atoms with van der Waals surface area (Å²) in [6.07, 6.45) is 5.78. The molecule has 0 saturated heterocycles. The molecule has 0 radical (unpaired) electrons. The van der Waals surface area contributed by atoms with E-state index in [1.165, 1.54) is 24.8 Å². The van der Waals surface area contributed by atoms with Crippen LogP contribution in [0.15, 0.2) is 18.3 Å². The van der Waals surface area contributed by atoms with Crippen LogP contribution < -0.4 is 5.32 Å². The summed E-state index contributed by atoms with van der Waals surface area (Å²) in [7, 11) is 0. The lowest BCUT2D eigenvalue weighted by atomic mass is 9.86. The maximum Gasteiger partial charge on any atom is 0.340 e. The van der Waals surface area contributed by atoms with E-state index in [0.29, 0.717) is 11.1 Å². The molecule has 0 aromatic carbocycles. The molecule has 1 aliphatic rings. The molecular weight excluding hydrogens is 292 g/mol. The number of carbonyl (C=O) groups excluding carboxylic acids is 2. The minimum Gasteiger partial charge on any atom is -0.452 e. The molecule has 2 atom stereocenters. The van der Waals surface area contributed by atoms with Gasteiger partial charge < -0.3 is 10.1 Å². The second-order valence-electron chi connectivity index (χ2n) is 5.38. The molecule has 2 rings (SSSR count). The second-order valence-corrected chi connectivity index (χ2v) is 5.77. The van der Waals surface area contributed by atoms with Gasteiger partial charge in [-0.05, 0) is 30.9 Å². The molecule has 0 bridgehead atoms. The number of aromatic nitrogens is 1. The highest BCUT2D eigenvalue weighted by Crippen LogP contribution is 2.23. The third kappa shape index (κ3) is 4.70. The lowest BCUT2D eigenvalue weighted by Gasteiger charge is -2.29. The average Bonchev–Trinajstić information content (AvgIpc) is 2.48. The summed E-state index contributed by atoms with van der Waals surface area (Å²) in [5.41, 5.74) is 0.276. The summed E-state index contributed by atoms with van der Waals surface area (Å²) in [5.74, 6) is -0.367. The summed E-state index contributed by atoms with van der Waals surface area (Å²) >= 11 is 5.64. The predicted molar refractivity (Wildman–Crippen MR) is 79.1 cm³/mol. The Morgan fingerprint density at radius 3 is 2.81 bits per heavy atom. The Bertz CT molecular complexity index is 504. The molecule has 0 spiro atoms. The van der Waals surface area contributed by atoms with E-state index in [2.05, 4.69) is 17.2 Å². The zero-order valence-corrected chi connectivity index (χ0v) is 12.7. The molecule has 1 aliphatic carbocycles. The standard InChI is InChI=1S/C15H19ClN2O3/c1-10-4-2-3-5-12(10)18-14(19)9-21-15(20)11-6-7-13(16)17-8-11/h6-8,10,12H,2-5,9H2,1H3,(H,18,19)/t10-,12-/m1/s1. The molecule has 0 unspecified atom stereocenters. The lowest BCUT2D eigenvalue weighted by molar-refractivity contribution is -0.125. The third-order valence-corrected chi connectivity index (χ3v) is 3.98. The molecule has 1 N–H and O–H groups in total. The van der Waals surface area contributed by atoms with Gasteiger partial charge in [-0.1, -0.05) is 31.4 Å². The Kier molecular flexibility index (Phi) is 5.56. The SMILES string of the molecule is C[C@@H]1CCCC[C@H]1NC(=O)COC(=O)c1ccc(Cl)nc1. The molecule has 1 saturated carbocycles. The zero-order chi connectivity index (χ0) is 15.2. The Morgan fingerprint density at radius 1 is 1.38 bits per heavy atom. The van der Waals surface area contributed by atoms with Crippen LogP contribution in [0.4, 0.5) is 0 Å². The number of rotatable bonds is 4. The fourth-order valence-corrected chi connectivity index (χ4v) is 2.60. The van der Waals surface area contributed by atoms with Crippen molar-refractivity contribution in [3.63, 3.8) is 0 Å². The number of halogens is 1. The minimum atomic E-state index is -0.578. The van der Waals surface area contributed by atoms with E-state index in [-0.39, 0.29) is 24.1 Å². The van der Waals surface area contributed by atoms with Crippen LogP contribution in [0.2, 0.25) is 5.15 Å². The first kappa shape index (κ1) is 15.8. The summed E-state index contributed by atoms with van der Waals surface area (Å²) in [6.45, 7) is 1.86. The van der Waals surface area contributed by atoms with Crippen molar-refractivity contribution in [3.8, 4) is 0 Å². The van der Waals surface area contributed by atoms with Gasteiger partial charge in [0, 0.05) is 12.2 Å². The molecule has 1 aromatic rings. The molecule has 5 nitrogen and oxygen atoms in total. The third-order valence-electron chi connectivity index (χ3n) is 3.76. The van der Waals surface area contributed by atoms with Crippen molar-refractivity contribution in [1.29, 1.82) is 0 Å². The van der Waals surface area contributed by atoms with Crippen LogP contribution in [0.5, 0.6) is 0 Å². The number of carbonyl (C=O) groups is 2. The van der Waals surface area contributed by atoms with Gasteiger partial charge >= 0.3 is 5.97 Å². The van der Waals surface area contributed by atoms with Crippen LogP contribution in [-0.4, -0.2) is 29.5 Å². The van der Waals surface area contributed by atoms with Crippen molar-refractivity contribution < 1.29 is 14.3 Å². The number of hydrogen-bond donors (Lipinski definition) is 1. The van der Waals surface area contributed by atoms with Gasteiger partial charge in [0.1, 0.15) is 5.15 Å². The fraction of sp³-hybridized carbons (Fsp3) is 0.533. The normalized spacial score (nSPS) is 21.6. The average molecular weight is 311 g/mol. The van der Waals surface area contributed by atoms with Crippen LogP contribution in [0.3, 0.4) is 0 Å². The zero-order valence-electron chi connectivity index (χ0n) is 12.0. The van der Waals surface area contributed by atoms with Crippen molar-refractivity contribution in [2.45, 2.75) is 38.6 Å². The van der Waals surface area contributed by atoms with Gasteiger partial charge in [0.15, 0.2) is 6.61 Å². The highest BCUT2D eigenvalue weighted by molar-refractivity contribution is 6.29. The quantitative estimate of drug-likeness (QED) is 0.685. The maximum absolute atomic E-state index is 11.8. The van der Waals surface area contributed by atoms with E-state index in [1.54, 1.807) is 0 Å². The molecule has 1 fully saturated rings. The van der Waals surface area contributed by atoms with Crippen molar-refractivity contribution in [3.05, 3.63) is 29.0 Å². The van der Waals surface area contributed by atoms with E-state index in [9.17, 15) is 9.59 Å². The van der Waals surface area contributed by atoms with Crippen LogP contribution in [0, 0.1) is 5.92 Å². The largest absolute Gasteiger partial charge is 0.452 e. The Balaban J connectivity index is 1.78. The van der Waals surface area contributed by atoms with Crippen LogP contribution in [0.25, 0.3) is 0 Å². The molecule has 1 heterocycles. The van der Waals surface area contributed by atoms with Gasteiger partial charge in [-0.25, -0.2) is 9.78 Å². The fourth-order valence-electron chi connectivity index (χ4n) is 2.49. The Morgan fingerprint density at radius 2 is 2.14 bits per heavy atom. The topological polar surface area (TPSA) is 68.3 Å². The first-order chi connectivity index (χ1) is 10.1.